The van der Waals surface area contributed by atoms with E-state index in [1.54, 1.807) is 6.92 Å². The molecule has 0 fully saturated rings. The van der Waals surface area contributed by atoms with Crippen LogP contribution >= 0.6 is 0 Å². The minimum absolute atomic E-state index is 0.0175. The molecule has 0 bridgehead atoms. The van der Waals surface area contributed by atoms with Crippen molar-refractivity contribution in [2.45, 2.75) is 39.4 Å². The third kappa shape index (κ3) is 3.43. The minimum atomic E-state index is -4.63. The maximum atomic E-state index is 12.3. The van der Waals surface area contributed by atoms with Gasteiger partial charge in [-0.2, -0.15) is 13.2 Å². The zero-order valence-electron chi connectivity index (χ0n) is 12.1. The lowest BCUT2D eigenvalue weighted by Crippen LogP contribution is -2.23. The highest BCUT2D eigenvalue weighted by Crippen LogP contribution is 2.25. The van der Waals surface area contributed by atoms with Crippen LogP contribution in [-0.4, -0.2) is 26.1 Å². The molecular weight excluding hydrogens is 303 g/mol. The normalized spacial score (nSPS) is 12.0. The summed E-state index contributed by atoms with van der Waals surface area (Å²) in [4.78, 5) is 19.3. The Balaban J connectivity index is 2.02. The molecule has 0 aliphatic heterocycles. The summed E-state index contributed by atoms with van der Waals surface area (Å²) in [5, 5.41) is 7.55. The van der Waals surface area contributed by atoms with Crippen molar-refractivity contribution in [2.75, 3.05) is 0 Å². The van der Waals surface area contributed by atoms with Crippen LogP contribution in [-0.2, 0) is 12.7 Å². The predicted molar refractivity (Wildman–Crippen MR) is 67.9 cm³/mol. The second-order valence-corrected chi connectivity index (χ2v) is 4.91. The highest BCUT2D eigenvalue weighted by Gasteiger charge is 2.36. The number of oxazole rings is 1. The Morgan fingerprint density at radius 1 is 1.36 bits per heavy atom. The van der Waals surface area contributed by atoms with E-state index in [-0.39, 0.29) is 24.0 Å². The number of carbonyl (C=O) groups is 1. The van der Waals surface area contributed by atoms with Gasteiger partial charge in [-0.25, -0.2) is 9.97 Å². The van der Waals surface area contributed by atoms with E-state index in [0.717, 1.165) is 0 Å². The lowest BCUT2D eigenvalue weighted by molar-refractivity contribution is -0.144. The molecule has 0 spiro atoms. The van der Waals surface area contributed by atoms with Gasteiger partial charge in [0.05, 0.1) is 12.2 Å². The highest BCUT2D eigenvalue weighted by atomic mass is 19.4. The molecule has 1 amide bonds. The van der Waals surface area contributed by atoms with E-state index in [0.29, 0.717) is 11.6 Å². The number of nitrogens with one attached hydrogen (secondary N) is 2. The van der Waals surface area contributed by atoms with Crippen LogP contribution in [0.25, 0.3) is 0 Å². The van der Waals surface area contributed by atoms with Crippen molar-refractivity contribution >= 4 is 5.91 Å². The zero-order valence-corrected chi connectivity index (χ0v) is 12.1. The summed E-state index contributed by atoms with van der Waals surface area (Å²) in [7, 11) is 0. The average molecular weight is 317 g/mol. The van der Waals surface area contributed by atoms with Gasteiger partial charge >= 0.3 is 6.18 Å². The number of hydrogen-bond acceptors (Lipinski definition) is 5. The fraction of sp³-hybridized carbons (Fsp3) is 0.500. The Morgan fingerprint density at radius 2 is 2.05 bits per heavy atom. The van der Waals surface area contributed by atoms with Gasteiger partial charge in [0.15, 0.2) is 5.89 Å². The third-order valence-electron chi connectivity index (χ3n) is 2.71. The van der Waals surface area contributed by atoms with Crippen LogP contribution in [0, 0.1) is 6.92 Å². The second kappa shape index (κ2) is 5.78. The summed E-state index contributed by atoms with van der Waals surface area (Å²) in [6.07, 6.45) is -4.63. The van der Waals surface area contributed by atoms with Crippen LogP contribution in [0.5, 0.6) is 0 Å². The molecular formula is C12H14F3N5O2. The third-order valence-corrected chi connectivity index (χ3v) is 2.71. The maximum Gasteiger partial charge on any atom is 0.453 e. The molecule has 0 aromatic carbocycles. The molecule has 2 rings (SSSR count). The number of amides is 1. The van der Waals surface area contributed by atoms with Crippen LogP contribution in [0.1, 0.15) is 53.6 Å². The van der Waals surface area contributed by atoms with Gasteiger partial charge in [-0.1, -0.05) is 13.8 Å². The fourth-order valence-corrected chi connectivity index (χ4v) is 1.62. The van der Waals surface area contributed by atoms with Crippen molar-refractivity contribution < 1.29 is 22.4 Å². The van der Waals surface area contributed by atoms with Crippen molar-refractivity contribution in [1.29, 1.82) is 0 Å². The predicted octanol–water partition coefficient (Wildman–Crippen LogP) is 2.17. The number of aryl methyl sites for hydroxylation is 1. The van der Waals surface area contributed by atoms with Gasteiger partial charge in [-0.3, -0.25) is 9.89 Å². The van der Waals surface area contributed by atoms with E-state index < -0.39 is 17.9 Å². The van der Waals surface area contributed by atoms with Gasteiger partial charge in [0.2, 0.25) is 5.76 Å². The van der Waals surface area contributed by atoms with E-state index in [1.165, 1.54) is 0 Å². The number of H-pyrrole nitrogens is 1. The summed E-state index contributed by atoms with van der Waals surface area (Å²) < 4.78 is 42.4. The highest BCUT2D eigenvalue weighted by molar-refractivity contribution is 5.92. The Morgan fingerprint density at radius 3 is 2.55 bits per heavy atom. The van der Waals surface area contributed by atoms with Gasteiger partial charge in [0.25, 0.3) is 11.7 Å². The van der Waals surface area contributed by atoms with Gasteiger partial charge in [0.1, 0.15) is 5.82 Å². The SMILES string of the molecule is Cc1nc(C(C)C)oc1C(=O)NCc1nc(C(F)(F)F)n[nH]1. The topological polar surface area (TPSA) is 96.7 Å². The number of alkyl halides is 3. The molecule has 0 atom stereocenters. The Labute approximate surface area is 123 Å². The first-order chi connectivity index (χ1) is 10.2. The lowest BCUT2D eigenvalue weighted by Gasteiger charge is -2.01. The summed E-state index contributed by atoms with van der Waals surface area (Å²) in [5.74, 6) is -1.51. The Hall–Kier alpha value is -2.39. The van der Waals surface area contributed by atoms with Crippen LogP contribution in [0.4, 0.5) is 13.2 Å². The van der Waals surface area contributed by atoms with E-state index >= 15 is 0 Å². The quantitative estimate of drug-likeness (QED) is 0.901. The van der Waals surface area contributed by atoms with E-state index in [9.17, 15) is 18.0 Å². The van der Waals surface area contributed by atoms with Gasteiger partial charge in [-0.05, 0) is 6.92 Å². The van der Waals surface area contributed by atoms with Crippen LogP contribution in [0.2, 0.25) is 0 Å². The first-order valence-corrected chi connectivity index (χ1v) is 6.42. The number of nitrogens with zero attached hydrogens (tertiary/aromatic N) is 3. The number of carbonyl (C=O) groups excluding carboxylic acids is 1. The summed E-state index contributed by atoms with van der Waals surface area (Å²) in [5.41, 5.74) is 0.412. The summed E-state index contributed by atoms with van der Waals surface area (Å²) in [6, 6.07) is 0. The van der Waals surface area contributed by atoms with Gasteiger partial charge in [0, 0.05) is 5.92 Å². The maximum absolute atomic E-state index is 12.3. The molecule has 0 saturated heterocycles. The molecule has 0 aliphatic carbocycles. The lowest BCUT2D eigenvalue weighted by atomic mass is 10.2. The molecule has 2 heterocycles. The van der Waals surface area contributed by atoms with E-state index in [4.69, 9.17) is 4.42 Å². The minimum Gasteiger partial charge on any atom is -0.435 e. The number of aromatic amines is 1. The van der Waals surface area contributed by atoms with E-state index in [2.05, 4.69) is 25.5 Å². The standard InChI is InChI=1S/C12H14F3N5O2/c1-5(2)10-17-6(3)8(22-10)9(21)16-4-7-18-11(20-19-7)12(13,14)15/h5H,4H2,1-3H3,(H,16,21)(H,18,19,20). The molecule has 10 heteroatoms. The Bertz CT molecular complexity index is 675. The molecule has 0 saturated carbocycles. The number of hydrogen-bond donors (Lipinski definition) is 2. The molecule has 22 heavy (non-hydrogen) atoms. The van der Waals surface area contributed by atoms with Crippen molar-refractivity contribution in [3.05, 3.63) is 29.0 Å². The van der Waals surface area contributed by atoms with Gasteiger partial charge < -0.3 is 9.73 Å². The summed E-state index contributed by atoms with van der Waals surface area (Å²) in [6.45, 7) is 5.10. The van der Waals surface area contributed by atoms with Gasteiger partial charge in [-0.15, -0.1) is 5.10 Å². The van der Waals surface area contributed by atoms with Crippen LogP contribution in [0.3, 0.4) is 0 Å². The molecule has 2 aromatic rings. The largest absolute Gasteiger partial charge is 0.453 e. The van der Waals surface area contributed by atoms with Crippen LogP contribution in [0.15, 0.2) is 4.42 Å². The molecule has 0 unspecified atom stereocenters. The molecule has 120 valence electrons. The second-order valence-electron chi connectivity index (χ2n) is 4.91. The Kier molecular flexibility index (Phi) is 4.20. The van der Waals surface area contributed by atoms with Crippen LogP contribution < -0.4 is 5.32 Å². The first-order valence-electron chi connectivity index (χ1n) is 6.42. The fourth-order valence-electron chi connectivity index (χ4n) is 1.62. The summed E-state index contributed by atoms with van der Waals surface area (Å²) >= 11 is 0. The smallest absolute Gasteiger partial charge is 0.435 e. The molecule has 0 radical (unpaired) electrons. The molecule has 0 aliphatic rings. The first kappa shape index (κ1) is 16.0. The number of aromatic nitrogens is 4. The molecule has 7 nitrogen and oxygen atoms in total. The van der Waals surface area contributed by atoms with Crippen molar-refractivity contribution in [2.24, 2.45) is 0 Å². The average Bonchev–Trinajstić information content (AvgIpc) is 3.01. The number of halogens is 3. The molecule has 2 N–H and O–H groups in total. The van der Waals surface area contributed by atoms with Crippen molar-refractivity contribution in [3.63, 3.8) is 0 Å². The zero-order chi connectivity index (χ0) is 16.5. The monoisotopic (exact) mass is 317 g/mol. The number of rotatable bonds is 4. The van der Waals surface area contributed by atoms with Crippen molar-refractivity contribution in [1.82, 2.24) is 25.5 Å². The van der Waals surface area contributed by atoms with Crippen molar-refractivity contribution in [3.8, 4) is 0 Å². The molecule has 2 aromatic heterocycles. The van der Waals surface area contributed by atoms with E-state index in [1.807, 2.05) is 13.8 Å².